The lowest BCUT2D eigenvalue weighted by molar-refractivity contribution is 0.565. The van der Waals surface area contributed by atoms with E-state index in [1.165, 1.54) is 6.08 Å². The van der Waals surface area contributed by atoms with Crippen LogP contribution in [0.2, 0.25) is 0 Å². The van der Waals surface area contributed by atoms with Crippen LogP contribution in [0.5, 0.6) is 0 Å². The summed E-state index contributed by atoms with van der Waals surface area (Å²) in [6.45, 7) is 0. The van der Waals surface area contributed by atoms with Gasteiger partial charge in [0.05, 0.1) is 6.04 Å². The van der Waals surface area contributed by atoms with Gasteiger partial charge in [0.2, 0.25) is 6.08 Å². The first-order chi connectivity index (χ1) is 4.41. The quantitative estimate of drug-likeness (QED) is 0.246. The van der Waals surface area contributed by atoms with Crippen LogP contribution in [0.15, 0.2) is 4.99 Å². The van der Waals surface area contributed by atoms with Crippen molar-refractivity contribution in [3.63, 3.8) is 0 Å². The van der Waals surface area contributed by atoms with Gasteiger partial charge in [-0.2, -0.15) is 0 Å². The SMILES string of the molecule is C#CC#CC#CN=C=O. The van der Waals surface area contributed by atoms with Gasteiger partial charge in [0.15, 0.2) is 0 Å². The number of carbonyl (C=O) groups excluding carboxylic acids is 1. The van der Waals surface area contributed by atoms with Crippen molar-refractivity contribution in [2.24, 2.45) is 4.99 Å². The highest BCUT2D eigenvalue weighted by atomic mass is 16.1. The Hall–Kier alpha value is -1.94. The smallest absolute Gasteiger partial charge is 0.210 e. The molecule has 0 unspecified atom stereocenters. The molecule has 0 aliphatic carbocycles. The van der Waals surface area contributed by atoms with Crippen molar-refractivity contribution in [2.45, 2.75) is 0 Å². The molecule has 0 N–H and O–H groups in total. The molecule has 0 bridgehead atoms. The van der Waals surface area contributed by atoms with E-state index in [0.29, 0.717) is 0 Å². The summed E-state index contributed by atoms with van der Waals surface area (Å²) in [6.07, 6.45) is 5.97. The van der Waals surface area contributed by atoms with Crippen LogP contribution in [0.3, 0.4) is 0 Å². The topological polar surface area (TPSA) is 29.4 Å². The summed E-state index contributed by atoms with van der Waals surface area (Å²) in [5, 5.41) is 0. The molecule has 0 aromatic carbocycles. The molecule has 40 valence electrons. The number of nitrogens with zero attached hydrogens (tertiary/aromatic N) is 1. The Morgan fingerprint density at radius 1 is 1.22 bits per heavy atom. The van der Waals surface area contributed by atoms with Crippen molar-refractivity contribution in [2.75, 3.05) is 0 Å². The Bertz CT molecular complexity index is 281. The van der Waals surface area contributed by atoms with Gasteiger partial charge in [-0.3, -0.25) is 0 Å². The standard InChI is InChI=1S/C7HNO/c1-2-3-4-5-6-8-7-9/h1H. The molecule has 0 atom stereocenters. The fourth-order valence-electron chi connectivity index (χ4n) is 0.146. The minimum Gasteiger partial charge on any atom is -0.210 e. The summed E-state index contributed by atoms with van der Waals surface area (Å²) < 4.78 is 0. The van der Waals surface area contributed by atoms with Gasteiger partial charge in [-0.05, 0) is 11.8 Å². The second kappa shape index (κ2) is 6.06. The van der Waals surface area contributed by atoms with Crippen molar-refractivity contribution < 1.29 is 4.79 Å². The van der Waals surface area contributed by atoms with Crippen LogP contribution in [0, 0.1) is 36.1 Å². The summed E-state index contributed by atoms with van der Waals surface area (Å²) >= 11 is 0. The third kappa shape index (κ3) is 6.06. The number of isocyanates is 1. The highest BCUT2D eigenvalue weighted by Gasteiger charge is 1.52. The number of rotatable bonds is 0. The minimum atomic E-state index is 1.23. The number of hydrogen-bond donors (Lipinski definition) is 0. The summed E-state index contributed by atoms with van der Waals surface area (Å²) in [5.74, 6) is 8.72. The van der Waals surface area contributed by atoms with E-state index in [0.717, 1.165) is 0 Å². The Labute approximate surface area is 53.0 Å². The van der Waals surface area contributed by atoms with E-state index in [9.17, 15) is 4.79 Å². The van der Waals surface area contributed by atoms with Gasteiger partial charge in [0.25, 0.3) is 0 Å². The normalized spacial score (nSPS) is 3.89. The van der Waals surface area contributed by atoms with E-state index in [-0.39, 0.29) is 0 Å². The number of aliphatic imine (C=N–C) groups is 1. The van der Waals surface area contributed by atoms with Gasteiger partial charge in [0.1, 0.15) is 0 Å². The zero-order valence-electron chi connectivity index (χ0n) is 4.43. The molecule has 2 heteroatoms. The van der Waals surface area contributed by atoms with Crippen LogP contribution >= 0.6 is 0 Å². The number of terminal acetylenes is 1. The van der Waals surface area contributed by atoms with Crippen LogP contribution in [-0.4, -0.2) is 6.08 Å². The van der Waals surface area contributed by atoms with Crippen molar-refractivity contribution in [1.29, 1.82) is 0 Å². The van der Waals surface area contributed by atoms with Crippen molar-refractivity contribution >= 4 is 6.08 Å². The third-order valence-electron chi connectivity index (χ3n) is 0.355. The van der Waals surface area contributed by atoms with Crippen LogP contribution in [-0.2, 0) is 4.79 Å². The van der Waals surface area contributed by atoms with E-state index in [1.54, 1.807) is 0 Å². The highest BCUT2D eigenvalue weighted by molar-refractivity contribution is 5.39. The van der Waals surface area contributed by atoms with Crippen molar-refractivity contribution in [1.82, 2.24) is 0 Å². The van der Waals surface area contributed by atoms with E-state index in [1.807, 2.05) is 5.92 Å². The first-order valence-electron chi connectivity index (χ1n) is 1.94. The van der Waals surface area contributed by atoms with Crippen molar-refractivity contribution in [3.05, 3.63) is 0 Å². The molecule has 0 fully saturated rings. The summed E-state index contributed by atoms with van der Waals surface area (Å²) in [5.41, 5.74) is 0. The van der Waals surface area contributed by atoms with E-state index >= 15 is 0 Å². The molecule has 0 radical (unpaired) electrons. The van der Waals surface area contributed by atoms with Gasteiger partial charge in [-0.15, -0.1) is 11.4 Å². The molecule has 0 amide bonds. The largest absolute Gasteiger partial charge is 0.249 e. The van der Waals surface area contributed by atoms with Gasteiger partial charge in [-0.25, -0.2) is 4.79 Å². The molecule has 0 spiro atoms. The van der Waals surface area contributed by atoms with E-state index in [2.05, 4.69) is 28.8 Å². The van der Waals surface area contributed by atoms with Crippen LogP contribution in [0.25, 0.3) is 0 Å². The molecule has 0 saturated heterocycles. The van der Waals surface area contributed by atoms with Gasteiger partial charge < -0.3 is 0 Å². The first kappa shape index (κ1) is 7.06. The second-order valence-corrected chi connectivity index (χ2v) is 0.834. The number of hydrogen-bond acceptors (Lipinski definition) is 2. The molecular weight excluding hydrogens is 114 g/mol. The predicted molar refractivity (Wildman–Crippen MR) is 32.5 cm³/mol. The van der Waals surface area contributed by atoms with Gasteiger partial charge in [-0.1, -0.05) is 0 Å². The zero-order chi connectivity index (χ0) is 6.95. The van der Waals surface area contributed by atoms with E-state index < -0.39 is 0 Å². The molecule has 0 saturated carbocycles. The lowest BCUT2D eigenvalue weighted by atomic mass is 10.6. The third-order valence-corrected chi connectivity index (χ3v) is 0.355. The maximum atomic E-state index is 9.35. The van der Waals surface area contributed by atoms with Gasteiger partial charge in [0, 0.05) is 11.8 Å². The van der Waals surface area contributed by atoms with Crippen molar-refractivity contribution in [3.8, 4) is 36.1 Å². The summed E-state index contributed by atoms with van der Waals surface area (Å²) in [6, 6.07) is 2.05. The second-order valence-electron chi connectivity index (χ2n) is 0.834. The Kier molecular flexibility index (Phi) is 4.75. The molecule has 0 heterocycles. The molecule has 2 nitrogen and oxygen atoms in total. The lowest BCUT2D eigenvalue weighted by Gasteiger charge is -1.51. The Morgan fingerprint density at radius 3 is 2.56 bits per heavy atom. The predicted octanol–water partition coefficient (Wildman–Crippen LogP) is -0.0803. The fraction of sp³-hybridized carbons (Fsp3) is 0. The first-order valence-corrected chi connectivity index (χ1v) is 1.94. The van der Waals surface area contributed by atoms with Gasteiger partial charge >= 0.3 is 0 Å². The molecule has 0 aliphatic heterocycles. The average Bonchev–Trinajstić information content (AvgIpc) is 1.89. The maximum Gasteiger partial charge on any atom is 0.249 e. The molecule has 0 aromatic rings. The zero-order valence-corrected chi connectivity index (χ0v) is 4.43. The molecule has 9 heavy (non-hydrogen) atoms. The molecule has 0 aromatic heterocycles. The van der Waals surface area contributed by atoms with E-state index in [4.69, 9.17) is 6.42 Å². The monoisotopic (exact) mass is 115 g/mol. The average molecular weight is 115 g/mol. The fourth-order valence-corrected chi connectivity index (χ4v) is 0.146. The molecule has 0 aliphatic rings. The summed E-state index contributed by atoms with van der Waals surface area (Å²) in [7, 11) is 0. The van der Waals surface area contributed by atoms with Crippen LogP contribution in [0.1, 0.15) is 0 Å². The summed E-state index contributed by atoms with van der Waals surface area (Å²) in [4.78, 5) is 12.3. The lowest BCUT2D eigenvalue weighted by Crippen LogP contribution is -1.50. The molecule has 0 rings (SSSR count). The van der Waals surface area contributed by atoms with Crippen LogP contribution in [0.4, 0.5) is 0 Å². The maximum absolute atomic E-state index is 9.35. The Morgan fingerprint density at radius 2 is 2.00 bits per heavy atom. The molecular formula is C7HNO. The van der Waals surface area contributed by atoms with Crippen LogP contribution < -0.4 is 0 Å². The Balaban J connectivity index is 3.94. The minimum absolute atomic E-state index is 1.23. The highest BCUT2D eigenvalue weighted by Crippen LogP contribution is 1.53.